The lowest BCUT2D eigenvalue weighted by atomic mass is 10.1. The van der Waals surface area contributed by atoms with E-state index in [2.05, 4.69) is 26.5 Å². The van der Waals surface area contributed by atoms with E-state index >= 15 is 0 Å². The summed E-state index contributed by atoms with van der Waals surface area (Å²) in [5.74, 6) is -0.554. The zero-order valence-corrected chi connectivity index (χ0v) is 19.0. The van der Waals surface area contributed by atoms with Crippen molar-refractivity contribution in [2.75, 3.05) is 5.75 Å². The summed E-state index contributed by atoms with van der Waals surface area (Å²) in [5, 5.41) is 6.59. The van der Waals surface area contributed by atoms with Gasteiger partial charge in [-0.3, -0.25) is 4.21 Å². The fraction of sp³-hybridized carbons (Fsp3) is 0.150. The first-order valence-electron chi connectivity index (χ1n) is 9.31. The van der Waals surface area contributed by atoms with Crippen LogP contribution in [-0.2, 0) is 27.6 Å². The average Bonchev–Trinajstić information content (AvgIpc) is 3.39. The number of thiazole rings is 1. The van der Waals surface area contributed by atoms with Gasteiger partial charge in [-0.2, -0.15) is 0 Å². The highest BCUT2D eigenvalue weighted by molar-refractivity contribution is 7.92. The average molecular weight is 490 g/mol. The Morgan fingerprint density at radius 2 is 1.97 bits per heavy atom. The van der Waals surface area contributed by atoms with Gasteiger partial charge in [-0.1, -0.05) is 42.5 Å². The van der Waals surface area contributed by atoms with Crippen molar-refractivity contribution in [1.82, 2.24) is 19.9 Å². The van der Waals surface area contributed by atoms with Crippen molar-refractivity contribution in [1.29, 1.82) is 0 Å². The van der Waals surface area contributed by atoms with Gasteiger partial charge in [0.2, 0.25) is 11.8 Å². The Morgan fingerprint density at radius 1 is 1.19 bits per heavy atom. The second-order valence-electron chi connectivity index (χ2n) is 6.69. The van der Waals surface area contributed by atoms with Crippen LogP contribution in [0.3, 0.4) is 0 Å². The van der Waals surface area contributed by atoms with Crippen LogP contribution in [0.15, 0.2) is 65.6 Å². The Kier molecular flexibility index (Phi) is 6.58. The van der Waals surface area contributed by atoms with E-state index < -0.39 is 26.4 Å². The molecule has 166 valence electrons. The number of hydrogen-bond acceptors (Lipinski definition) is 9. The van der Waals surface area contributed by atoms with E-state index in [0.717, 1.165) is 15.8 Å². The van der Waals surface area contributed by atoms with Crippen LogP contribution in [0.4, 0.5) is 0 Å². The normalized spacial score (nSPS) is 13.8. The first-order valence-corrected chi connectivity index (χ1v) is 12.9. The number of nitrogens with one attached hydrogen (secondary N) is 1. The molecule has 12 heteroatoms. The van der Waals surface area contributed by atoms with Crippen LogP contribution in [0.1, 0.15) is 22.0 Å². The molecule has 0 radical (unpaired) electrons. The molecule has 0 bridgehead atoms. The number of aromatic nitrogens is 3. The third-order valence-electron chi connectivity index (χ3n) is 4.49. The predicted octanol–water partition coefficient (Wildman–Crippen LogP) is 2.92. The molecule has 0 fully saturated rings. The van der Waals surface area contributed by atoms with E-state index in [9.17, 15) is 17.2 Å². The number of fused-ring (bicyclic) bond motifs is 1. The zero-order chi connectivity index (χ0) is 22.7. The molecule has 9 nitrogen and oxygen atoms in total. The van der Waals surface area contributed by atoms with Gasteiger partial charge in [0.25, 0.3) is 0 Å². The number of hydrogen-bond donors (Lipinski definition) is 1. The van der Waals surface area contributed by atoms with Crippen molar-refractivity contribution in [3.05, 3.63) is 78.0 Å². The van der Waals surface area contributed by atoms with Crippen molar-refractivity contribution < 1.29 is 21.6 Å². The molecular formula is C20H17N4O5S3-. The maximum atomic E-state index is 13.0. The van der Waals surface area contributed by atoms with Crippen LogP contribution in [0.25, 0.3) is 21.3 Å². The first kappa shape index (κ1) is 22.4. The number of sulfone groups is 1. The summed E-state index contributed by atoms with van der Waals surface area (Å²) in [6.07, 6.45) is 1.28. The molecule has 0 aliphatic heterocycles. The number of nitrogens with zero attached hydrogens (tertiary/aromatic N) is 3. The van der Waals surface area contributed by atoms with Crippen molar-refractivity contribution in [3.8, 4) is 11.1 Å². The fourth-order valence-corrected chi connectivity index (χ4v) is 6.19. The molecule has 4 rings (SSSR count). The molecule has 0 aliphatic carbocycles. The first-order chi connectivity index (χ1) is 15.4. The molecule has 2 unspecified atom stereocenters. The molecule has 2 aromatic carbocycles. The third-order valence-corrected chi connectivity index (χ3v) is 7.95. The number of rotatable bonds is 9. The van der Waals surface area contributed by atoms with Crippen LogP contribution in [0.2, 0.25) is 0 Å². The molecule has 2 atom stereocenters. The van der Waals surface area contributed by atoms with Crippen molar-refractivity contribution in [3.63, 3.8) is 0 Å². The lowest BCUT2D eigenvalue weighted by molar-refractivity contribution is 0.440. The van der Waals surface area contributed by atoms with E-state index in [0.29, 0.717) is 5.52 Å². The quantitative estimate of drug-likeness (QED) is 0.280. The summed E-state index contributed by atoms with van der Waals surface area (Å²) in [6, 6.07) is 15.5. The van der Waals surface area contributed by atoms with E-state index in [1.807, 2.05) is 48.5 Å². The summed E-state index contributed by atoms with van der Waals surface area (Å²) in [7, 11) is -3.81. The summed E-state index contributed by atoms with van der Waals surface area (Å²) >= 11 is -1.30. The summed E-state index contributed by atoms with van der Waals surface area (Å²) in [5.41, 5.74) is 2.66. The maximum Gasteiger partial charge on any atom is 0.241 e. The van der Waals surface area contributed by atoms with E-state index in [-0.39, 0.29) is 29.1 Å². The monoisotopic (exact) mass is 489 g/mol. The lowest BCUT2D eigenvalue weighted by Crippen LogP contribution is -2.17. The molecule has 0 amide bonds. The van der Waals surface area contributed by atoms with Gasteiger partial charge in [0.15, 0.2) is 15.1 Å². The third kappa shape index (κ3) is 4.84. The summed E-state index contributed by atoms with van der Waals surface area (Å²) in [6.45, 7) is 3.26. The van der Waals surface area contributed by atoms with Gasteiger partial charge >= 0.3 is 0 Å². The molecule has 0 aliphatic rings. The Balaban J connectivity index is 1.76. The van der Waals surface area contributed by atoms with Crippen molar-refractivity contribution in [2.24, 2.45) is 0 Å². The van der Waals surface area contributed by atoms with Crippen LogP contribution >= 0.6 is 11.3 Å². The minimum atomic E-state index is -3.81. The van der Waals surface area contributed by atoms with E-state index in [4.69, 9.17) is 4.42 Å². The molecule has 32 heavy (non-hydrogen) atoms. The molecule has 0 saturated heterocycles. The predicted molar refractivity (Wildman–Crippen MR) is 121 cm³/mol. The van der Waals surface area contributed by atoms with Gasteiger partial charge in [0.05, 0.1) is 22.5 Å². The van der Waals surface area contributed by atoms with Gasteiger partial charge in [-0.25, -0.2) is 18.1 Å². The highest BCUT2D eigenvalue weighted by Crippen LogP contribution is 2.37. The second kappa shape index (κ2) is 9.38. The molecule has 4 aromatic rings. The second-order valence-corrected chi connectivity index (χ2v) is 10.6. The van der Waals surface area contributed by atoms with E-state index in [1.165, 1.54) is 17.4 Å². The lowest BCUT2D eigenvalue weighted by Gasteiger charge is -2.10. The Hall–Kier alpha value is -2.77. The van der Waals surface area contributed by atoms with Crippen LogP contribution in [0.5, 0.6) is 0 Å². The SMILES string of the molecule is C=CCS(=O)(=O)C(c1nnc(CNS(=O)[O-])o1)c1nc2ccc(-c3ccccc3)cc2s1. The molecule has 2 aromatic heterocycles. The Labute approximate surface area is 190 Å². The fourth-order valence-electron chi connectivity index (χ4n) is 3.10. The smallest absolute Gasteiger partial charge is 0.241 e. The summed E-state index contributed by atoms with van der Waals surface area (Å²) < 4.78 is 55.8. The van der Waals surface area contributed by atoms with Crippen LogP contribution in [-0.4, -0.2) is 38.1 Å². The molecule has 0 saturated carbocycles. The highest BCUT2D eigenvalue weighted by atomic mass is 32.2. The van der Waals surface area contributed by atoms with Crippen molar-refractivity contribution in [2.45, 2.75) is 11.8 Å². The van der Waals surface area contributed by atoms with E-state index in [1.54, 1.807) is 0 Å². The summed E-state index contributed by atoms with van der Waals surface area (Å²) in [4.78, 5) is 4.52. The number of benzene rings is 2. The maximum absolute atomic E-state index is 13.0. The standard InChI is InChI=1S/C20H18N4O5S3/c1-2-10-32(27,28)18(19-24-23-17(29-19)12-21-31(25)26)20-22-15-9-8-14(11-16(15)30-20)13-6-4-3-5-7-13/h2-9,11,18,21H,1,10,12H2,(H,25,26)/p-1. The van der Waals surface area contributed by atoms with Gasteiger partial charge in [0.1, 0.15) is 5.01 Å². The minimum Gasteiger partial charge on any atom is -0.760 e. The van der Waals surface area contributed by atoms with Gasteiger partial charge in [-0.15, -0.1) is 28.1 Å². The van der Waals surface area contributed by atoms with Crippen molar-refractivity contribution >= 4 is 42.7 Å². The van der Waals surface area contributed by atoms with Crippen LogP contribution in [0, 0.1) is 0 Å². The van der Waals surface area contributed by atoms with Gasteiger partial charge in [0, 0.05) is 11.3 Å². The zero-order valence-electron chi connectivity index (χ0n) is 16.5. The topological polar surface area (TPSA) is 138 Å². The molecule has 2 heterocycles. The molecule has 0 spiro atoms. The Bertz CT molecular complexity index is 1380. The van der Waals surface area contributed by atoms with Gasteiger partial charge < -0.3 is 8.97 Å². The van der Waals surface area contributed by atoms with Crippen LogP contribution < -0.4 is 4.72 Å². The highest BCUT2D eigenvalue weighted by Gasteiger charge is 2.36. The molecular weight excluding hydrogens is 472 g/mol. The Morgan fingerprint density at radius 3 is 2.69 bits per heavy atom. The van der Waals surface area contributed by atoms with Gasteiger partial charge in [-0.05, 0) is 23.3 Å². The molecule has 1 N–H and O–H groups in total. The minimum absolute atomic E-state index is 0.0597. The largest absolute Gasteiger partial charge is 0.760 e.